The molecule has 1 aromatic carbocycles. The number of nitrogens with two attached hydrogens (primary N) is 1. The Labute approximate surface area is 169 Å². The van der Waals surface area contributed by atoms with Crippen LogP contribution >= 0.6 is 23.4 Å². The maximum absolute atomic E-state index is 12.7. The van der Waals surface area contributed by atoms with Gasteiger partial charge in [-0.25, -0.2) is 4.79 Å². The van der Waals surface area contributed by atoms with Crippen molar-refractivity contribution in [3.05, 3.63) is 56.8 Å². The lowest BCUT2D eigenvalue weighted by atomic mass is 9.83. The Morgan fingerprint density at radius 3 is 2.68 bits per heavy atom. The number of aliphatic carboxylic acids is 1. The molecule has 0 spiro atoms. The molecule has 0 aromatic heterocycles. The van der Waals surface area contributed by atoms with E-state index in [4.69, 9.17) is 27.2 Å². The van der Waals surface area contributed by atoms with Crippen molar-refractivity contribution < 1.29 is 24.2 Å². The second-order valence-electron chi connectivity index (χ2n) is 5.95. The zero-order valence-corrected chi connectivity index (χ0v) is 16.1. The standard InChI is InChI=1S/C18H14ClN3O5S/c1-27-18(26)14-13(8-4-2-3-5-10(8)19)9(7-20)17-22(15(14)21)16(25)11(28-17)6-12(23)24/h2-5,11,13H,6,21H2,1H3,(H,23,24). The number of ether oxygens (including phenoxy) is 1. The predicted molar refractivity (Wildman–Crippen MR) is 101 cm³/mol. The van der Waals surface area contributed by atoms with E-state index < -0.39 is 35.4 Å². The fourth-order valence-electron chi connectivity index (χ4n) is 3.18. The molecular formula is C18H14ClN3O5S. The molecular weight excluding hydrogens is 406 g/mol. The maximum Gasteiger partial charge on any atom is 0.338 e. The third-order valence-corrected chi connectivity index (χ3v) is 6.00. The third kappa shape index (κ3) is 3.10. The fourth-order valence-corrected chi connectivity index (χ4v) is 4.71. The van der Waals surface area contributed by atoms with Crippen LogP contribution in [0.3, 0.4) is 0 Å². The van der Waals surface area contributed by atoms with Crippen LogP contribution in [0.1, 0.15) is 17.9 Å². The topological polar surface area (TPSA) is 134 Å². The Morgan fingerprint density at radius 2 is 2.11 bits per heavy atom. The van der Waals surface area contributed by atoms with E-state index in [-0.39, 0.29) is 22.0 Å². The van der Waals surface area contributed by atoms with Gasteiger partial charge in [0.25, 0.3) is 0 Å². The van der Waals surface area contributed by atoms with Gasteiger partial charge in [-0.15, -0.1) is 0 Å². The number of nitrogens with zero attached hydrogens (tertiary/aromatic N) is 2. The molecule has 1 aromatic rings. The van der Waals surface area contributed by atoms with Gasteiger partial charge in [0.15, 0.2) is 0 Å². The highest BCUT2D eigenvalue weighted by molar-refractivity contribution is 8.04. The van der Waals surface area contributed by atoms with Gasteiger partial charge in [-0.2, -0.15) is 5.26 Å². The minimum atomic E-state index is -1.16. The van der Waals surface area contributed by atoms with Crippen molar-refractivity contribution in [3.8, 4) is 6.07 Å². The van der Waals surface area contributed by atoms with Crippen molar-refractivity contribution >= 4 is 41.2 Å². The monoisotopic (exact) mass is 419 g/mol. The number of hydrogen-bond acceptors (Lipinski definition) is 7. The molecule has 0 saturated carbocycles. The first-order valence-electron chi connectivity index (χ1n) is 8.00. The van der Waals surface area contributed by atoms with Gasteiger partial charge in [0.2, 0.25) is 5.91 Å². The number of amides is 1. The normalized spacial score (nSPS) is 21.5. The first kappa shape index (κ1) is 19.8. The van der Waals surface area contributed by atoms with Gasteiger partial charge in [-0.05, 0) is 11.6 Å². The minimum Gasteiger partial charge on any atom is -0.481 e. The molecule has 28 heavy (non-hydrogen) atoms. The van der Waals surface area contributed by atoms with E-state index in [1.165, 1.54) is 0 Å². The molecule has 144 valence electrons. The second-order valence-corrected chi connectivity index (χ2v) is 7.55. The molecule has 8 nitrogen and oxygen atoms in total. The Balaban J connectivity index is 2.26. The third-order valence-electron chi connectivity index (χ3n) is 4.38. The number of halogens is 1. The number of carbonyl (C=O) groups excluding carboxylic acids is 2. The molecule has 2 aliphatic rings. The molecule has 2 aliphatic heterocycles. The molecule has 10 heteroatoms. The van der Waals surface area contributed by atoms with Gasteiger partial charge in [0, 0.05) is 5.02 Å². The Bertz CT molecular complexity index is 997. The van der Waals surface area contributed by atoms with Gasteiger partial charge in [-0.1, -0.05) is 41.6 Å². The van der Waals surface area contributed by atoms with Crippen LogP contribution in [0.5, 0.6) is 0 Å². The van der Waals surface area contributed by atoms with E-state index in [2.05, 4.69) is 0 Å². The van der Waals surface area contributed by atoms with Crippen molar-refractivity contribution in [2.75, 3.05) is 7.11 Å². The highest BCUT2D eigenvalue weighted by atomic mass is 35.5. The molecule has 1 saturated heterocycles. The lowest BCUT2D eigenvalue weighted by Gasteiger charge is -2.31. The predicted octanol–water partition coefficient (Wildman–Crippen LogP) is 1.93. The Kier molecular flexibility index (Phi) is 5.36. The number of nitriles is 1. The van der Waals surface area contributed by atoms with Crippen molar-refractivity contribution in [1.29, 1.82) is 5.26 Å². The van der Waals surface area contributed by atoms with Crippen molar-refractivity contribution in [2.45, 2.75) is 17.6 Å². The number of allylic oxidation sites excluding steroid dienone is 1. The van der Waals surface area contributed by atoms with Crippen molar-refractivity contribution in [1.82, 2.24) is 4.90 Å². The average Bonchev–Trinajstić information content (AvgIpc) is 2.97. The van der Waals surface area contributed by atoms with Gasteiger partial charge in [0.05, 0.1) is 41.7 Å². The summed E-state index contributed by atoms with van der Waals surface area (Å²) in [4.78, 5) is 37.3. The summed E-state index contributed by atoms with van der Waals surface area (Å²) in [5.41, 5.74) is 6.59. The lowest BCUT2D eigenvalue weighted by molar-refractivity contribution is -0.139. The van der Waals surface area contributed by atoms with Crippen LogP contribution in [-0.2, 0) is 19.1 Å². The van der Waals surface area contributed by atoms with Gasteiger partial charge >= 0.3 is 11.9 Å². The van der Waals surface area contributed by atoms with Gasteiger partial charge in [0.1, 0.15) is 11.1 Å². The summed E-state index contributed by atoms with van der Waals surface area (Å²) in [6.45, 7) is 0. The van der Waals surface area contributed by atoms with E-state index in [1.807, 2.05) is 6.07 Å². The first-order valence-corrected chi connectivity index (χ1v) is 9.26. The highest BCUT2D eigenvalue weighted by Crippen LogP contribution is 2.50. The van der Waals surface area contributed by atoms with Crippen LogP contribution in [0.4, 0.5) is 0 Å². The van der Waals surface area contributed by atoms with Crippen LogP contribution in [0.25, 0.3) is 0 Å². The number of carboxylic acids is 1. The van der Waals surface area contributed by atoms with Gasteiger partial charge < -0.3 is 15.6 Å². The summed E-state index contributed by atoms with van der Waals surface area (Å²) in [5.74, 6) is -3.72. The van der Waals surface area contributed by atoms with E-state index in [9.17, 15) is 19.6 Å². The SMILES string of the molecule is COC(=O)C1=C(N)N2C(=O)C(CC(=O)O)SC2=C(C#N)C1c1ccccc1Cl. The Morgan fingerprint density at radius 1 is 1.43 bits per heavy atom. The van der Waals surface area contributed by atoms with Crippen LogP contribution in [0.15, 0.2) is 46.3 Å². The van der Waals surface area contributed by atoms with Gasteiger partial charge in [-0.3, -0.25) is 14.5 Å². The second kappa shape index (κ2) is 7.58. The largest absolute Gasteiger partial charge is 0.481 e. The summed E-state index contributed by atoms with van der Waals surface area (Å²) >= 11 is 7.23. The smallest absolute Gasteiger partial charge is 0.338 e. The fraction of sp³-hybridized carbons (Fsp3) is 0.222. The van der Waals surface area contributed by atoms with Crippen LogP contribution in [0, 0.1) is 11.3 Å². The number of hydrogen-bond donors (Lipinski definition) is 2. The number of thioether (sulfide) groups is 1. The average molecular weight is 420 g/mol. The van der Waals surface area contributed by atoms with E-state index in [1.54, 1.807) is 24.3 Å². The molecule has 3 N–H and O–H groups in total. The minimum absolute atomic E-state index is 0.0777. The molecule has 2 unspecified atom stereocenters. The summed E-state index contributed by atoms with van der Waals surface area (Å²) in [5, 5.41) is 18.4. The van der Waals surface area contributed by atoms with E-state index in [0.29, 0.717) is 10.6 Å². The molecule has 3 rings (SSSR count). The molecule has 0 bridgehead atoms. The summed E-state index contributed by atoms with van der Waals surface area (Å²) in [7, 11) is 1.16. The van der Waals surface area contributed by atoms with Crippen LogP contribution in [-0.4, -0.2) is 40.2 Å². The number of carbonyl (C=O) groups is 3. The summed E-state index contributed by atoms with van der Waals surface area (Å²) in [6.07, 6.45) is -0.445. The first-order chi connectivity index (χ1) is 13.3. The molecule has 2 atom stereocenters. The zero-order valence-electron chi connectivity index (χ0n) is 14.5. The lowest BCUT2D eigenvalue weighted by Crippen LogP contribution is -2.39. The van der Waals surface area contributed by atoms with Crippen LogP contribution < -0.4 is 5.73 Å². The molecule has 0 aliphatic carbocycles. The molecule has 1 amide bonds. The maximum atomic E-state index is 12.7. The summed E-state index contributed by atoms with van der Waals surface area (Å²) in [6, 6.07) is 8.68. The molecule has 1 fully saturated rings. The summed E-state index contributed by atoms with van der Waals surface area (Å²) < 4.78 is 4.83. The Hall–Kier alpha value is -2.96. The quantitative estimate of drug-likeness (QED) is 0.707. The van der Waals surface area contributed by atoms with Crippen LogP contribution in [0.2, 0.25) is 5.02 Å². The number of carboxylic acid groups (broad SMARTS) is 1. The highest BCUT2D eigenvalue weighted by Gasteiger charge is 2.48. The van der Waals surface area contributed by atoms with Crippen molar-refractivity contribution in [2.24, 2.45) is 5.73 Å². The molecule has 0 radical (unpaired) electrons. The van der Waals surface area contributed by atoms with Crippen molar-refractivity contribution in [3.63, 3.8) is 0 Å². The van der Waals surface area contributed by atoms with E-state index in [0.717, 1.165) is 23.8 Å². The molecule has 2 heterocycles. The number of fused-ring (bicyclic) bond motifs is 1. The number of esters is 1. The van der Waals surface area contributed by atoms with E-state index >= 15 is 0 Å². The number of benzene rings is 1. The zero-order chi connectivity index (χ0) is 20.6. The number of methoxy groups -OCH3 is 1. The number of rotatable bonds is 4.